The quantitative estimate of drug-likeness (QED) is 0.603. The van der Waals surface area contributed by atoms with Gasteiger partial charge in [0.1, 0.15) is 0 Å². The second-order valence-electron chi connectivity index (χ2n) is 5.47. The number of nitrogens with one attached hydrogen (secondary N) is 1. The maximum atomic E-state index is 3.89. The fourth-order valence-electron chi connectivity index (χ4n) is 4.13. The van der Waals surface area contributed by atoms with Crippen LogP contribution in [0.1, 0.15) is 51.4 Å². The van der Waals surface area contributed by atoms with Crippen LogP contribution in [0.15, 0.2) is 0 Å². The van der Waals surface area contributed by atoms with E-state index >= 15 is 0 Å². The second kappa shape index (κ2) is 2.98. The molecule has 3 unspecified atom stereocenters. The molecule has 0 aromatic carbocycles. The third-order valence-electron chi connectivity index (χ3n) is 4.75. The normalized spacial score (nSPS) is 49.8. The van der Waals surface area contributed by atoms with Gasteiger partial charge in [0.25, 0.3) is 0 Å². The van der Waals surface area contributed by atoms with E-state index in [0.29, 0.717) is 5.54 Å². The first kappa shape index (κ1) is 8.28. The first-order valence-corrected chi connectivity index (χ1v) is 6.14. The molecule has 1 nitrogen and oxygen atoms in total. The maximum absolute atomic E-state index is 3.89. The van der Waals surface area contributed by atoms with Crippen LogP contribution in [0, 0.1) is 11.8 Å². The van der Waals surface area contributed by atoms with Crippen molar-refractivity contribution in [1.82, 2.24) is 5.32 Å². The minimum atomic E-state index is 0.624. The van der Waals surface area contributed by atoms with E-state index in [-0.39, 0.29) is 0 Å². The first-order chi connectivity index (χ1) is 6.39. The predicted molar refractivity (Wildman–Crippen MR) is 54.6 cm³/mol. The smallest absolute Gasteiger partial charge is 0.0212 e. The second-order valence-corrected chi connectivity index (χ2v) is 5.47. The van der Waals surface area contributed by atoms with Crippen LogP contribution < -0.4 is 5.32 Å². The lowest BCUT2D eigenvalue weighted by Gasteiger charge is -2.38. The van der Waals surface area contributed by atoms with Crippen LogP contribution in [0.4, 0.5) is 0 Å². The third-order valence-corrected chi connectivity index (χ3v) is 4.75. The SMILES string of the molecule is C1CCNC2(CC1)CC1CCC2C1. The van der Waals surface area contributed by atoms with E-state index in [0.717, 1.165) is 11.8 Å². The van der Waals surface area contributed by atoms with Crippen molar-refractivity contribution in [3.05, 3.63) is 0 Å². The molecule has 13 heavy (non-hydrogen) atoms. The summed E-state index contributed by atoms with van der Waals surface area (Å²) in [5.74, 6) is 2.14. The van der Waals surface area contributed by atoms with Crippen molar-refractivity contribution in [2.75, 3.05) is 6.54 Å². The maximum Gasteiger partial charge on any atom is 0.0212 e. The molecule has 1 N–H and O–H groups in total. The van der Waals surface area contributed by atoms with Gasteiger partial charge in [0, 0.05) is 5.54 Å². The summed E-state index contributed by atoms with van der Waals surface area (Å²) >= 11 is 0. The number of hydrogen-bond acceptors (Lipinski definition) is 1. The van der Waals surface area contributed by atoms with Gasteiger partial charge in [0.2, 0.25) is 0 Å². The summed E-state index contributed by atoms with van der Waals surface area (Å²) in [5.41, 5.74) is 0.624. The average Bonchev–Trinajstić information content (AvgIpc) is 2.63. The molecule has 1 heteroatoms. The summed E-state index contributed by atoms with van der Waals surface area (Å²) in [6, 6.07) is 0. The highest BCUT2D eigenvalue weighted by Gasteiger charge is 2.50. The molecule has 1 aliphatic heterocycles. The van der Waals surface area contributed by atoms with Crippen LogP contribution in [-0.2, 0) is 0 Å². The largest absolute Gasteiger partial charge is 0.311 e. The molecule has 3 rings (SSSR count). The zero-order valence-electron chi connectivity index (χ0n) is 8.52. The highest BCUT2D eigenvalue weighted by Crippen LogP contribution is 2.53. The fourth-order valence-corrected chi connectivity index (χ4v) is 4.13. The van der Waals surface area contributed by atoms with Crippen LogP contribution in [0.2, 0.25) is 0 Å². The fraction of sp³-hybridized carbons (Fsp3) is 1.00. The predicted octanol–water partition coefficient (Wildman–Crippen LogP) is 2.71. The van der Waals surface area contributed by atoms with Crippen molar-refractivity contribution in [2.45, 2.75) is 56.9 Å². The monoisotopic (exact) mass is 179 g/mol. The summed E-state index contributed by atoms with van der Waals surface area (Å²) in [5, 5.41) is 3.89. The Morgan fingerprint density at radius 3 is 2.85 bits per heavy atom. The Morgan fingerprint density at radius 1 is 1.08 bits per heavy atom. The van der Waals surface area contributed by atoms with Gasteiger partial charge < -0.3 is 5.32 Å². The molecule has 74 valence electrons. The van der Waals surface area contributed by atoms with Crippen molar-refractivity contribution >= 4 is 0 Å². The van der Waals surface area contributed by atoms with E-state index in [1.807, 2.05) is 0 Å². The summed E-state index contributed by atoms with van der Waals surface area (Å²) in [6.45, 7) is 1.29. The van der Waals surface area contributed by atoms with Crippen molar-refractivity contribution < 1.29 is 0 Å². The molecule has 3 fully saturated rings. The van der Waals surface area contributed by atoms with Crippen molar-refractivity contribution in [3.8, 4) is 0 Å². The lowest BCUT2D eigenvalue weighted by atomic mass is 9.78. The minimum Gasteiger partial charge on any atom is -0.311 e. The van der Waals surface area contributed by atoms with Gasteiger partial charge in [-0.05, 0) is 50.5 Å². The van der Waals surface area contributed by atoms with Gasteiger partial charge >= 0.3 is 0 Å². The van der Waals surface area contributed by atoms with Gasteiger partial charge in [-0.2, -0.15) is 0 Å². The van der Waals surface area contributed by atoms with E-state index in [1.165, 1.54) is 51.5 Å². The molecule has 1 spiro atoms. The van der Waals surface area contributed by atoms with E-state index in [4.69, 9.17) is 0 Å². The Balaban J connectivity index is 1.79. The van der Waals surface area contributed by atoms with Crippen molar-refractivity contribution in [3.63, 3.8) is 0 Å². The van der Waals surface area contributed by atoms with Crippen LogP contribution in [0.5, 0.6) is 0 Å². The highest BCUT2D eigenvalue weighted by molar-refractivity contribution is 5.06. The molecule has 3 atom stereocenters. The molecule has 2 saturated carbocycles. The number of fused-ring (bicyclic) bond motifs is 3. The summed E-state index contributed by atoms with van der Waals surface area (Å²) in [7, 11) is 0. The molecule has 0 amide bonds. The molecular weight excluding hydrogens is 158 g/mol. The Bertz CT molecular complexity index is 191. The van der Waals surface area contributed by atoms with E-state index in [1.54, 1.807) is 6.42 Å². The van der Waals surface area contributed by atoms with E-state index in [2.05, 4.69) is 5.32 Å². The zero-order chi connectivity index (χ0) is 8.73. The van der Waals surface area contributed by atoms with Gasteiger partial charge in [-0.1, -0.05) is 19.3 Å². The van der Waals surface area contributed by atoms with Gasteiger partial charge in [0.15, 0.2) is 0 Å². The lowest BCUT2D eigenvalue weighted by Crippen LogP contribution is -2.48. The Morgan fingerprint density at radius 2 is 2.08 bits per heavy atom. The number of hydrogen-bond donors (Lipinski definition) is 1. The molecule has 0 aromatic heterocycles. The Kier molecular flexibility index (Phi) is 1.90. The first-order valence-electron chi connectivity index (χ1n) is 6.14. The Hall–Kier alpha value is -0.0400. The summed E-state index contributed by atoms with van der Waals surface area (Å²) in [6.07, 6.45) is 12.0. The summed E-state index contributed by atoms with van der Waals surface area (Å²) < 4.78 is 0. The van der Waals surface area contributed by atoms with Gasteiger partial charge in [-0.3, -0.25) is 0 Å². The van der Waals surface area contributed by atoms with Gasteiger partial charge in [-0.15, -0.1) is 0 Å². The van der Waals surface area contributed by atoms with Gasteiger partial charge in [-0.25, -0.2) is 0 Å². The highest BCUT2D eigenvalue weighted by atomic mass is 15.0. The molecule has 1 heterocycles. The standard InChI is InChI=1S/C12H21N/c1-2-6-12(13-7-3-1)9-10-4-5-11(12)8-10/h10-11,13H,1-9H2. The number of rotatable bonds is 0. The van der Waals surface area contributed by atoms with Gasteiger partial charge in [0.05, 0.1) is 0 Å². The molecule has 3 aliphatic rings. The lowest BCUT2D eigenvalue weighted by molar-refractivity contribution is 0.202. The molecule has 2 bridgehead atoms. The van der Waals surface area contributed by atoms with E-state index in [9.17, 15) is 0 Å². The zero-order valence-corrected chi connectivity index (χ0v) is 8.52. The molecule has 2 aliphatic carbocycles. The molecule has 0 aromatic rings. The average molecular weight is 179 g/mol. The van der Waals surface area contributed by atoms with Crippen molar-refractivity contribution in [2.24, 2.45) is 11.8 Å². The topological polar surface area (TPSA) is 12.0 Å². The molecule has 1 saturated heterocycles. The summed E-state index contributed by atoms with van der Waals surface area (Å²) in [4.78, 5) is 0. The van der Waals surface area contributed by atoms with Crippen LogP contribution >= 0.6 is 0 Å². The van der Waals surface area contributed by atoms with Crippen molar-refractivity contribution in [1.29, 1.82) is 0 Å². The molecular formula is C12H21N. The van der Waals surface area contributed by atoms with E-state index < -0.39 is 0 Å². The third kappa shape index (κ3) is 1.24. The van der Waals surface area contributed by atoms with Crippen LogP contribution in [0.25, 0.3) is 0 Å². The minimum absolute atomic E-state index is 0.624. The van der Waals surface area contributed by atoms with Crippen LogP contribution in [0.3, 0.4) is 0 Å². The Labute approximate surface area is 81.3 Å². The van der Waals surface area contributed by atoms with Crippen LogP contribution in [-0.4, -0.2) is 12.1 Å². The molecule has 0 radical (unpaired) electrons.